The fraction of sp³-hybridized carbons (Fsp3) is 0.722. The van der Waals surface area contributed by atoms with Gasteiger partial charge in [-0.2, -0.15) is 31.3 Å². The maximum atomic E-state index is 13.5. The minimum atomic E-state index is -5.62. The van der Waals surface area contributed by atoms with Crippen LogP contribution in [-0.4, -0.2) is 62.4 Å². The second-order valence-electron chi connectivity index (χ2n) is 7.76. The van der Waals surface area contributed by atoms with Crippen molar-refractivity contribution in [3.8, 4) is 11.6 Å². The number of pyridine rings is 1. The van der Waals surface area contributed by atoms with Crippen molar-refractivity contribution in [3.63, 3.8) is 0 Å². The largest absolute Gasteiger partial charge is 0.500 e. The lowest BCUT2D eigenvalue weighted by Gasteiger charge is -2.37. The Morgan fingerprint density at radius 1 is 1.19 bits per heavy atom. The standard InChI is InChI=1S/C18H24F6N2O5S/c1-4-5-16(2,3)31-15-9-12(30-11-32(27,28)18(22,23)24)8-14(25-15)26-6-7-29-10-13(26)17(19,20)21/h8-9,13H,4-7,10-11H2,1-3H3. The molecule has 0 aromatic carbocycles. The van der Waals surface area contributed by atoms with E-state index in [9.17, 15) is 34.8 Å². The summed E-state index contributed by atoms with van der Waals surface area (Å²) in [6, 6.07) is -0.0831. The van der Waals surface area contributed by atoms with Crippen LogP contribution in [0, 0.1) is 0 Å². The van der Waals surface area contributed by atoms with E-state index in [4.69, 9.17) is 14.2 Å². The van der Waals surface area contributed by atoms with Crippen LogP contribution in [0.3, 0.4) is 0 Å². The van der Waals surface area contributed by atoms with E-state index in [1.807, 2.05) is 6.92 Å². The van der Waals surface area contributed by atoms with E-state index in [2.05, 4.69) is 4.98 Å². The molecule has 1 aromatic rings. The highest BCUT2D eigenvalue weighted by molar-refractivity contribution is 7.92. The van der Waals surface area contributed by atoms with E-state index in [0.29, 0.717) is 12.8 Å². The summed E-state index contributed by atoms with van der Waals surface area (Å²) < 4.78 is 116. The number of ether oxygens (including phenoxy) is 3. The van der Waals surface area contributed by atoms with Crippen molar-refractivity contribution in [1.29, 1.82) is 0 Å². The Hall–Kier alpha value is -1.96. The molecule has 32 heavy (non-hydrogen) atoms. The van der Waals surface area contributed by atoms with Gasteiger partial charge in [-0.15, -0.1) is 0 Å². The number of sulfone groups is 1. The third-order valence-corrected chi connectivity index (χ3v) is 5.66. The van der Waals surface area contributed by atoms with Crippen LogP contribution in [0.1, 0.15) is 33.6 Å². The van der Waals surface area contributed by atoms with Gasteiger partial charge in [0.1, 0.15) is 23.2 Å². The molecule has 1 fully saturated rings. The molecule has 0 bridgehead atoms. The van der Waals surface area contributed by atoms with E-state index in [1.54, 1.807) is 13.8 Å². The molecular weight excluding hydrogens is 470 g/mol. The first kappa shape index (κ1) is 26.3. The van der Waals surface area contributed by atoms with E-state index >= 15 is 0 Å². The monoisotopic (exact) mass is 494 g/mol. The van der Waals surface area contributed by atoms with Gasteiger partial charge in [0.25, 0.3) is 9.84 Å². The van der Waals surface area contributed by atoms with Crippen LogP contribution in [0.25, 0.3) is 0 Å². The fourth-order valence-corrected chi connectivity index (χ4v) is 3.47. The lowest BCUT2D eigenvalue weighted by atomic mass is 10.0. The van der Waals surface area contributed by atoms with Crippen LogP contribution in [0.5, 0.6) is 11.6 Å². The van der Waals surface area contributed by atoms with Gasteiger partial charge >= 0.3 is 11.7 Å². The van der Waals surface area contributed by atoms with Crippen molar-refractivity contribution in [2.45, 2.75) is 56.9 Å². The number of hydrogen-bond acceptors (Lipinski definition) is 7. The van der Waals surface area contributed by atoms with Crippen LogP contribution in [0.4, 0.5) is 32.2 Å². The van der Waals surface area contributed by atoms with Crippen LogP contribution in [0.15, 0.2) is 12.1 Å². The van der Waals surface area contributed by atoms with Gasteiger partial charge in [0.15, 0.2) is 5.94 Å². The predicted molar refractivity (Wildman–Crippen MR) is 102 cm³/mol. The predicted octanol–water partition coefficient (Wildman–Crippen LogP) is 4.08. The van der Waals surface area contributed by atoms with Crippen molar-refractivity contribution in [2.75, 3.05) is 30.6 Å². The molecule has 1 unspecified atom stereocenters. The molecule has 0 N–H and O–H groups in total. The number of hydrogen-bond donors (Lipinski definition) is 0. The first-order chi connectivity index (χ1) is 14.6. The highest BCUT2D eigenvalue weighted by atomic mass is 32.2. The first-order valence-electron chi connectivity index (χ1n) is 9.60. The van der Waals surface area contributed by atoms with Crippen molar-refractivity contribution in [3.05, 3.63) is 12.1 Å². The highest BCUT2D eigenvalue weighted by Gasteiger charge is 2.47. The van der Waals surface area contributed by atoms with Gasteiger partial charge in [-0.25, -0.2) is 8.42 Å². The molecule has 0 saturated carbocycles. The van der Waals surface area contributed by atoms with Crippen molar-refractivity contribution in [2.24, 2.45) is 0 Å². The average Bonchev–Trinajstić information content (AvgIpc) is 2.64. The zero-order valence-electron chi connectivity index (χ0n) is 17.6. The Bertz CT molecular complexity index is 889. The van der Waals surface area contributed by atoms with E-state index in [1.165, 1.54) is 0 Å². The highest BCUT2D eigenvalue weighted by Crippen LogP contribution is 2.35. The third-order valence-electron chi connectivity index (χ3n) is 4.53. The molecule has 2 rings (SSSR count). The van der Waals surface area contributed by atoms with Gasteiger partial charge in [-0.05, 0) is 20.3 Å². The Kier molecular flexibility index (Phi) is 7.80. The Balaban J connectivity index is 2.44. The molecule has 1 aliphatic rings. The number of anilines is 1. The molecule has 0 radical (unpaired) electrons. The minimum Gasteiger partial charge on any atom is -0.477 e. The summed E-state index contributed by atoms with van der Waals surface area (Å²) in [5.41, 5.74) is -6.35. The lowest BCUT2D eigenvalue weighted by molar-refractivity contribution is -0.167. The van der Waals surface area contributed by atoms with E-state index < -0.39 is 51.5 Å². The van der Waals surface area contributed by atoms with Gasteiger partial charge in [0, 0.05) is 18.7 Å². The van der Waals surface area contributed by atoms with Gasteiger partial charge in [0.2, 0.25) is 5.88 Å². The number of morpholine rings is 1. The number of alkyl halides is 6. The molecule has 1 aromatic heterocycles. The van der Waals surface area contributed by atoms with Crippen LogP contribution < -0.4 is 14.4 Å². The first-order valence-corrected chi connectivity index (χ1v) is 11.2. The smallest absolute Gasteiger partial charge is 0.477 e. The van der Waals surface area contributed by atoms with Crippen LogP contribution in [0.2, 0.25) is 0 Å². The zero-order chi connectivity index (χ0) is 24.4. The van der Waals surface area contributed by atoms with Crippen LogP contribution in [-0.2, 0) is 14.6 Å². The molecule has 0 spiro atoms. The number of halogens is 6. The van der Waals surface area contributed by atoms with Gasteiger partial charge in [-0.3, -0.25) is 0 Å². The van der Waals surface area contributed by atoms with E-state index in [0.717, 1.165) is 17.0 Å². The van der Waals surface area contributed by atoms with Crippen LogP contribution >= 0.6 is 0 Å². The summed E-state index contributed by atoms with van der Waals surface area (Å²) in [4.78, 5) is 4.95. The van der Waals surface area contributed by atoms with Gasteiger partial charge in [0.05, 0.1) is 13.2 Å². The quantitative estimate of drug-likeness (QED) is 0.504. The van der Waals surface area contributed by atoms with Gasteiger partial charge < -0.3 is 19.1 Å². The van der Waals surface area contributed by atoms with Crippen molar-refractivity contribution < 1.29 is 49.0 Å². The lowest BCUT2D eigenvalue weighted by Crippen LogP contribution is -2.54. The maximum Gasteiger partial charge on any atom is 0.500 e. The number of nitrogens with zero attached hydrogens (tertiary/aromatic N) is 2. The molecule has 14 heteroatoms. The Labute approximate surface area is 181 Å². The maximum absolute atomic E-state index is 13.5. The summed E-state index contributed by atoms with van der Waals surface area (Å²) in [5, 5.41) is 0. The van der Waals surface area contributed by atoms with Crippen molar-refractivity contribution in [1.82, 2.24) is 4.98 Å². The topological polar surface area (TPSA) is 78.0 Å². The summed E-state index contributed by atoms with van der Waals surface area (Å²) in [6.45, 7) is 4.36. The summed E-state index contributed by atoms with van der Waals surface area (Å²) >= 11 is 0. The Morgan fingerprint density at radius 3 is 2.41 bits per heavy atom. The second-order valence-corrected chi connectivity index (χ2v) is 9.69. The van der Waals surface area contributed by atoms with Crippen molar-refractivity contribution >= 4 is 15.7 Å². The molecule has 7 nitrogen and oxygen atoms in total. The molecule has 0 aliphatic carbocycles. The summed E-state index contributed by atoms with van der Waals surface area (Å²) in [5.74, 6) is -2.69. The molecule has 2 heterocycles. The number of aromatic nitrogens is 1. The normalized spacial score (nSPS) is 18.5. The summed E-state index contributed by atoms with van der Waals surface area (Å²) in [7, 11) is -5.62. The Morgan fingerprint density at radius 2 is 1.84 bits per heavy atom. The average molecular weight is 494 g/mol. The molecule has 1 aliphatic heterocycles. The molecule has 1 saturated heterocycles. The third kappa shape index (κ3) is 6.77. The molecule has 0 amide bonds. The summed E-state index contributed by atoms with van der Waals surface area (Å²) in [6.07, 6.45) is -3.43. The molecular formula is C18H24F6N2O5S. The van der Waals surface area contributed by atoms with Gasteiger partial charge in [-0.1, -0.05) is 13.3 Å². The molecule has 184 valence electrons. The number of rotatable bonds is 8. The fourth-order valence-electron chi connectivity index (χ4n) is 3.05. The van der Waals surface area contributed by atoms with E-state index in [-0.39, 0.29) is 24.8 Å². The second kappa shape index (κ2) is 9.49. The zero-order valence-corrected chi connectivity index (χ0v) is 18.4. The molecule has 1 atom stereocenters. The SMILES string of the molecule is CCCC(C)(C)Oc1cc(OCS(=O)(=O)C(F)(F)F)cc(N2CCOCC2C(F)(F)F)n1. The minimum absolute atomic E-state index is 0.0423.